The van der Waals surface area contributed by atoms with Gasteiger partial charge in [0.15, 0.2) is 0 Å². The predicted molar refractivity (Wildman–Crippen MR) is 51.6 cm³/mol. The van der Waals surface area contributed by atoms with E-state index < -0.39 is 0 Å². The number of carbonyl (C=O) groups excluding carboxylic acids is 1. The Labute approximate surface area is 84.1 Å². The molecule has 0 bridgehead atoms. The molecule has 0 saturated carbocycles. The van der Waals surface area contributed by atoms with E-state index in [1.54, 1.807) is 0 Å². The van der Waals surface area contributed by atoms with Crippen molar-refractivity contribution in [1.29, 1.82) is 0 Å². The van der Waals surface area contributed by atoms with Crippen LogP contribution in [-0.2, 0) is 23.1 Å². The second-order valence-electron chi connectivity index (χ2n) is 3.20. The van der Waals surface area contributed by atoms with Crippen LogP contribution in [-0.4, -0.2) is 17.1 Å². The van der Waals surface area contributed by atoms with Gasteiger partial charge in [0, 0.05) is 6.92 Å². The van der Waals surface area contributed by atoms with Crippen molar-refractivity contribution in [1.82, 2.24) is 4.57 Å². The average Bonchev–Trinajstić information content (AvgIpc) is 2.46. The van der Waals surface area contributed by atoms with Crippen LogP contribution in [0.3, 0.4) is 0 Å². The summed E-state index contributed by atoms with van der Waals surface area (Å²) in [6.45, 7) is 4.98. The molecule has 0 saturated heterocycles. The van der Waals surface area contributed by atoms with Crippen molar-refractivity contribution in [2.45, 2.75) is 26.8 Å². The van der Waals surface area contributed by atoms with Crippen LogP contribution in [0.5, 0.6) is 0 Å². The lowest BCUT2D eigenvalue weighted by molar-refractivity contribution is -0.677. The SMILES string of the molecule is CCOC(=O)CCn1cc[n+](C)c1C. The van der Waals surface area contributed by atoms with Crippen LogP contribution in [0.15, 0.2) is 12.4 Å². The molecule has 0 aliphatic heterocycles. The Kier molecular flexibility index (Phi) is 3.68. The van der Waals surface area contributed by atoms with E-state index >= 15 is 0 Å². The van der Waals surface area contributed by atoms with Crippen molar-refractivity contribution in [3.8, 4) is 0 Å². The number of hydrogen-bond acceptors (Lipinski definition) is 2. The van der Waals surface area contributed by atoms with Gasteiger partial charge in [-0.1, -0.05) is 0 Å². The molecule has 0 aliphatic rings. The van der Waals surface area contributed by atoms with Crippen LogP contribution in [0.25, 0.3) is 0 Å². The molecular weight excluding hydrogens is 180 g/mol. The summed E-state index contributed by atoms with van der Waals surface area (Å²) in [5.74, 6) is 0.998. The number of hydrogen-bond donors (Lipinski definition) is 0. The summed E-state index contributed by atoms with van der Waals surface area (Å²) in [5, 5.41) is 0. The Morgan fingerprint density at radius 1 is 1.64 bits per heavy atom. The molecule has 0 fully saturated rings. The van der Waals surface area contributed by atoms with Crippen LogP contribution in [0.4, 0.5) is 0 Å². The Bertz CT molecular complexity index is 318. The first-order valence-corrected chi connectivity index (χ1v) is 4.82. The second kappa shape index (κ2) is 4.79. The zero-order valence-corrected chi connectivity index (χ0v) is 8.99. The van der Waals surface area contributed by atoms with E-state index in [0.717, 1.165) is 5.82 Å². The van der Waals surface area contributed by atoms with Crippen LogP contribution in [0.1, 0.15) is 19.2 Å². The average molecular weight is 197 g/mol. The van der Waals surface area contributed by atoms with Gasteiger partial charge in [-0.25, -0.2) is 9.13 Å². The fraction of sp³-hybridized carbons (Fsp3) is 0.600. The van der Waals surface area contributed by atoms with Crippen LogP contribution in [0, 0.1) is 6.92 Å². The maximum atomic E-state index is 11.1. The number of esters is 1. The molecule has 1 aromatic heterocycles. The lowest BCUT2D eigenvalue weighted by Gasteiger charge is -2.00. The standard InChI is InChI=1S/C10H17N2O2/c1-4-14-10(13)5-6-12-8-7-11(3)9(12)2/h7-8H,4-6H2,1-3H3/q+1. The molecule has 4 nitrogen and oxygen atoms in total. The first kappa shape index (κ1) is 10.8. The summed E-state index contributed by atoms with van der Waals surface area (Å²) in [4.78, 5) is 11.1. The monoisotopic (exact) mass is 197 g/mol. The Morgan fingerprint density at radius 2 is 2.36 bits per heavy atom. The number of aryl methyl sites for hydroxylation is 2. The fourth-order valence-electron chi connectivity index (χ4n) is 1.28. The van der Waals surface area contributed by atoms with Crippen molar-refractivity contribution in [2.24, 2.45) is 7.05 Å². The molecule has 1 heterocycles. The summed E-state index contributed by atoms with van der Waals surface area (Å²) in [6.07, 6.45) is 4.37. The van der Waals surface area contributed by atoms with E-state index in [2.05, 4.69) is 0 Å². The van der Waals surface area contributed by atoms with Gasteiger partial charge >= 0.3 is 5.97 Å². The predicted octanol–water partition coefficient (Wildman–Crippen LogP) is 0.574. The number of nitrogens with zero attached hydrogens (tertiary/aromatic N) is 2. The first-order chi connectivity index (χ1) is 6.65. The minimum Gasteiger partial charge on any atom is -0.466 e. The highest BCUT2D eigenvalue weighted by molar-refractivity contribution is 5.69. The first-order valence-electron chi connectivity index (χ1n) is 4.82. The Balaban J connectivity index is 2.46. The van der Waals surface area contributed by atoms with Gasteiger partial charge in [0.2, 0.25) is 0 Å². The van der Waals surface area contributed by atoms with E-state index in [9.17, 15) is 4.79 Å². The molecular formula is C10H17N2O2+. The molecule has 0 unspecified atom stereocenters. The molecule has 0 atom stereocenters. The lowest BCUT2D eigenvalue weighted by atomic mass is 10.4. The maximum Gasteiger partial charge on any atom is 0.309 e. The molecule has 0 aliphatic carbocycles. The van der Waals surface area contributed by atoms with Crippen LogP contribution < -0.4 is 4.57 Å². The third kappa shape index (κ3) is 2.58. The van der Waals surface area contributed by atoms with E-state index in [1.165, 1.54) is 0 Å². The Hall–Kier alpha value is -1.32. The zero-order chi connectivity index (χ0) is 10.6. The third-order valence-electron chi connectivity index (χ3n) is 2.26. The minimum atomic E-state index is -0.136. The van der Waals surface area contributed by atoms with E-state index in [1.807, 2.05) is 42.4 Å². The molecule has 14 heavy (non-hydrogen) atoms. The second-order valence-corrected chi connectivity index (χ2v) is 3.20. The summed E-state index contributed by atoms with van der Waals surface area (Å²) in [6, 6.07) is 0. The van der Waals surface area contributed by atoms with E-state index in [0.29, 0.717) is 19.6 Å². The van der Waals surface area contributed by atoms with Gasteiger partial charge in [-0.3, -0.25) is 4.79 Å². The summed E-state index contributed by atoms with van der Waals surface area (Å²) in [7, 11) is 1.98. The highest BCUT2D eigenvalue weighted by atomic mass is 16.5. The van der Waals surface area contributed by atoms with Crippen LogP contribution in [0.2, 0.25) is 0 Å². The molecule has 78 valence electrons. The maximum absolute atomic E-state index is 11.1. The molecule has 0 aromatic carbocycles. The topological polar surface area (TPSA) is 35.1 Å². The molecule has 1 aromatic rings. The van der Waals surface area contributed by atoms with Gasteiger partial charge in [0.1, 0.15) is 18.9 Å². The van der Waals surface area contributed by atoms with Crippen molar-refractivity contribution < 1.29 is 14.1 Å². The van der Waals surface area contributed by atoms with Gasteiger partial charge in [0.05, 0.1) is 20.1 Å². The number of ether oxygens (including phenoxy) is 1. The van der Waals surface area contributed by atoms with Gasteiger partial charge in [-0.15, -0.1) is 0 Å². The van der Waals surface area contributed by atoms with Gasteiger partial charge in [0.25, 0.3) is 5.82 Å². The fourth-order valence-corrected chi connectivity index (χ4v) is 1.28. The van der Waals surface area contributed by atoms with Gasteiger partial charge in [-0.2, -0.15) is 0 Å². The summed E-state index contributed by atoms with van der Waals surface area (Å²) < 4.78 is 8.91. The number of carbonyl (C=O) groups is 1. The van der Waals surface area contributed by atoms with Gasteiger partial charge in [-0.05, 0) is 6.92 Å². The lowest BCUT2D eigenvalue weighted by Crippen LogP contribution is -2.29. The zero-order valence-electron chi connectivity index (χ0n) is 8.99. The van der Waals surface area contributed by atoms with Gasteiger partial charge < -0.3 is 4.74 Å². The number of aromatic nitrogens is 2. The largest absolute Gasteiger partial charge is 0.466 e. The van der Waals surface area contributed by atoms with Crippen LogP contribution >= 0.6 is 0 Å². The smallest absolute Gasteiger partial charge is 0.309 e. The quantitative estimate of drug-likeness (QED) is 0.522. The van der Waals surface area contributed by atoms with E-state index in [4.69, 9.17) is 4.74 Å². The molecule has 1 rings (SSSR count). The summed E-state index contributed by atoms with van der Waals surface area (Å²) >= 11 is 0. The molecule has 0 radical (unpaired) electrons. The molecule has 0 spiro atoms. The van der Waals surface area contributed by atoms with Crippen molar-refractivity contribution >= 4 is 5.97 Å². The molecule has 0 N–H and O–H groups in total. The van der Waals surface area contributed by atoms with Crippen molar-refractivity contribution in [3.63, 3.8) is 0 Å². The Morgan fingerprint density at radius 3 is 2.86 bits per heavy atom. The number of rotatable bonds is 4. The van der Waals surface area contributed by atoms with Crippen molar-refractivity contribution in [2.75, 3.05) is 6.61 Å². The molecule has 4 heteroatoms. The molecule has 0 amide bonds. The van der Waals surface area contributed by atoms with E-state index in [-0.39, 0.29) is 5.97 Å². The summed E-state index contributed by atoms with van der Waals surface area (Å²) in [5.41, 5.74) is 0. The third-order valence-corrected chi connectivity index (χ3v) is 2.26. The van der Waals surface area contributed by atoms with Crippen molar-refractivity contribution in [3.05, 3.63) is 18.2 Å². The highest BCUT2D eigenvalue weighted by Crippen LogP contribution is 1.96. The normalized spacial score (nSPS) is 10.2. The minimum absolute atomic E-state index is 0.136. The highest BCUT2D eigenvalue weighted by Gasteiger charge is 2.10. The number of imidazole rings is 1.